The molecule has 0 aliphatic carbocycles. The number of rotatable bonds is 16. The first-order valence-corrected chi connectivity index (χ1v) is 12.8. The number of aryl methyl sites for hydroxylation is 2. The maximum absolute atomic E-state index is 6.26. The third-order valence-electron chi connectivity index (χ3n) is 4.71. The van der Waals surface area contributed by atoms with Crippen molar-refractivity contribution in [2.45, 2.75) is 27.7 Å². The summed E-state index contributed by atoms with van der Waals surface area (Å²) in [5.41, 5.74) is 0. The lowest BCUT2D eigenvalue weighted by Gasteiger charge is -2.14. The van der Waals surface area contributed by atoms with Gasteiger partial charge in [-0.3, -0.25) is 0 Å². The molecule has 32 heavy (non-hydrogen) atoms. The summed E-state index contributed by atoms with van der Waals surface area (Å²) < 4.78 is 36.6. The molecule has 0 aliphatic heterocycles. The molecule has 0 bridgehead atoms. The van der Waals surface area contributed by atoms with Crippen LogP contribution in [0, 0.1) is 13.8 Å². The van der Waals surface area contributed by atoms with E-state index in [1.165, 1.54) is 9.75 Å². The Labute approximate surface area is 198 Å². The van der Waals surface area contributed by atoms with Crippen molar-refractivity contribution >= 4 is 42.8 Å². The average Bonchev–Trinajstić information content (AvgIpc) is 3.35. The molecular weight excluding hydrogens is 448 g/mol. The van der Waals surface area contributed by atoms with Crippen molar-refractivity contribution in [3.05, 3.63) is 21.9 Å². The van der Waals surface area contributed by atoms with Gasteiger partial charge < -0.3 is 28.4 Å². The van der Waals surface area contributed by atoms with Gasteiger partial charge in [-0.2, -0.15) is 0 Å². The van der Waals surface area contributed by atoms with Crippen LogP contribution in [0.25, 0.3) is 20.2 Å². The first-order valence-electron chi connectivity index (χ1n) is 11.2. The van der Waals surface area contributed by atoms with Gasteiger partial charge >= 0.3 is 0 Å². The Morgan fingerprint density at radius 1 is 0.562 bits per heavy atom. The van der Waals surface area contributed by atoms with Gasteiger partial charge in [0.1, 0.15) is 24.7 Å². The fraction of sp³-hybridized carbons (Fsp3) is 0.583. The van der Waals surface area contributed by atoms with Crippen LogP contribution in [0.4, 0.5) is 0 Å². The Bertz CT molecular complexity index is 834. The van der Waals surface area contributed by atoms with E-state index in [1.807, 2.05) is 13.8 Å². The van der Waals surface area contributed by atoms with Crippen molar-refractivity contribution in [2.24, 2.45) is 0 Å². The second-order valence-corrected chi connectivity index (χ2v) is 9.69. The molecule has 0 N–H and O–H groups in total. The zero-order valence-corrected chi connectivity index (χ0v) is 21.1. The number of fused-ring (bicyclic) bond motifs is 2. The molecule has 0 radical (unpaired) electrons. The van der Waals surface area contributed by atoms with Gasteiger partial charge in [-0.25, -0.2) is 0 Å². The maximum Gasteiger partial charge on any atom is 0.146 e. The third-order valence-corrected chi connectivity index (χ3v) is 6.81. The topological polar surface area (TPSA) is 55.4 Å². The minimum Gasteiger partial charge on any atom is -0.489 e. The first kappa shape index (κ1) is 25.2. The molecule has 3 rings (SSSR count). The fourth-order valence-electron chi connectivity index (χ4n) is 3.37. The SMILES string of the molecule is CCOCCOCCOc1c2cc(C)sc2c(OCCOCCOCC)c2cc(C)sc12. The minimum absolute atomic E-state index is 0.496. The Morgan fingerprint density at radius 2 is 0.938 bits per heavy atom. The van der Waals surface area contributed by atoms with Crippen molar-refractivity contribution in [1.29, 1.82) is 0 Å². The zero-order chi connectivity index (χ0) is 22.8. The Balaban J connectivity index is 1.72. The summed E-state index contributed by atoms with van der Waals surface area (Å²) in [7, 11) is 0. The van der Waals surface area contributed by atoms with E-state index in [2.05, 4.69) is 26.0 Å². The molecule has 0 aliphatic rings. The Kier molecular flexibility index (Phi) is 10.5. The summed E-state index contributed by atoms with van der Waals surface area (Å²) in [6.45, 7) is 14.0. The highest BCUT2D eigenvalue weighted by Gasteiger charge is 2.20. The van der Waals surface area contributed by atoms with Gasteiger partial charge in [-0.15, -0.1) is 22.7 Å². The van der Waals surface area contributed by atoms with Gasteiger partial charge in [0.25, 0.3) is 0 Å². The number of hydrogen-bond donors (Lipinski definition) is 0. The molecule has 0 saturated heterocycles. The van der Waals surface area contributed by atoms with Gasteiger partial charge in [0, 0.05) is 33.7 Å². The minimum atomic E-state index is 0.496. The summed E-state index contributed by atoms with van der Waals surface area (Å²) in [4.78, 5) is 2.45. The van der Waals surface area contributed by atoms with Crippen molar-refractivity contribution in [3.63, 3.8) is 0 Å². The van der Waals surface area contributed by atoms with Crippen LogP contribution >= 0.6 is 22.7 Å². The van der Waals surface area contributed by atoms with E-state index < -0.39 is 0 Å². The average molecular weight is 483 g/mol. The maximum atomic E-state index is 6.26. The number of ether oxygens (including phenoxy) is 6. The van der Waals surface area contributed by atoms with E-state index in [1.54, 1.807) is 22.7 Å². The van der Waals surface area contributed by atoms with Crippen LogP contribution in [0.5, 0.6) is 11.5 Å². The van der Waals surface area contributed by atoms with E-state index in [0.717, 1.165) is 31.7 Å². The second-order valence-electron chi connectivity index (χ2n) is 7.17. The molecule has 0 unspecified atom stereocenters. The van der Waals surface area contributed by atoms with E-state index >= 15 is 0 Å². The van der Waals surface area contributed by atoms with Crippen LogP contribution in [0.1, 0.15) is 23.6 Å². The van der Waals surface area contributed by atoms with Crippen LogP contribution in [0.3, 0.4) is 0 Å². The monoisotopic (exact) mass is 482 g/mol. The normalized spacial score (nSPS) is 11.6. The molecule has 0 fully saturated rings. The lowest BCUT2D eigenvalue weighted by Crippen LogP contribution is -2.11. The van der Waals surface area contributed by atoms with E-state index in [9.17, 15) is 0 Å². The predicted octanol–water partition coefficient (Wildman–Crippen LogP) is 5.60. The smallest absolute Gasteiger partial charge is 0.146 e. The third kappa shape index (κ3) is 6.79. The number of hydrogen-bond acceptors (Lipinski definition) is 8. The standard InChI is InChI=1S/C24H34O6S2/c1-5-25-7-9-27-11-13-29-21-19-15-17(3)32-24(19)22(20-16-18(4)31-23(20)21)30-14-12-28-10-8-26-6-2/h15-16H,5-14H2,1-4H3. The highest BCUT2D eigenvalue weighted by atomic mass is 32.1. The van der Waals surface area contributed by atoms with Crippen LogP contribution in [-0.2, 0) is 18.9 Å². The number of benzene rings is 1. The van der Waals surface area contributed by atoms with E-state index in [4.69, 9.17) is 28.4 Å². The molecule has 2 heterocycles. The van der Waals surface area contributed by atoms with E-state index in [0.29, 0.717) is 66.1 Å². The van der Waals surface area contributed by atoms with Crippen molar-refractivity contribution in [2.75, 3.05) is 66.1 Å². The van der Waals surface area contributed by atoms with Crippen LogP contribution in [0.15, 0.2) is 12.1 Å². The fourth-order valence-corrected chi connectivity index (χ4v) is 5.41. The quantitative estimate of drug-likeness (QED) is 0.248. The largest absolute Gasteiger partial charge is 0.489 e. The van der Waals surface area contributed by atoms with Gasteiger partial charge in [0.05, 0.1) is 49.0 Å². The molecule has 0 spiro atoms. The lowest BCUT2D eigenvalue weighted by molar-refractivity contribution is 0.0406. The molecule has 3 aromatic rings. The second kappa shape index (κ2) is 13.3. The zero-order valence-electron chi connectivity index (χ0n) is 19.5. The lowest BCUT2D eigenvalue weighted by atomic mass is 10.1. The summed E-state index contributed by atoms with van der Waals surface area (Å²) >= 11 is 3.47. The number of thiophene rings is 2. The molecule has 178 valence electrons. The van der Waals surface area contributed by atoms with Crippen LogP contribution < -0.4 is 9.47 Å². The molecule has 0 atom stereocenters. The molecule has 1 aromatic carbocycles. The van der Waals surface area contributed by atoms with Crippen molar-refractivity contribution < 1.29 is 28.4 Å². The summed E-state index contributed by atoms with van der Waals surface area (Å²) in [6.07, 6.45) is 0. The predicted molar refractivity (Wildman–Crippen MR) is 132 cm³/mol. The Hall–Kier alpha value is -1.42. The first-order chi connectivity index (χ1) is 15.7. The van der Waals surface area contributed by atoms with Gasteiger partial charge in [0.15, 0.2) is 0 Å². The molecule has 0 amide bonds. The highest BCUT2D eigenvalue weighted by Crippen LogP contribution is 2.49. The van der Waals surface area contributed by atoms with Gasteiger partial charge in [0.2, 0.25) is 0 Å². The van der Waals surface area contributed by atoms with Gasteiger partial charge in [-0.05, 0) is 39.8 Å². The Morgan fingerprint density at radius 3 is 1.34 bits per heavy atom. The van der Waals surface area contributed by atoms with Crippen molar-refractivity contribution in [1.82, 2.24) is 0 Å². The molecule has 6 nitrogen and oxygen atoms in total. The summed E-state index contributed by atoms with van der Waals surface area (Å²) in [5, 5.41) is 2.20. The molecule has 0 saturated carbocycles. The summed E-state index contributed by atoms with van der Waals surface area (Å²) in [6, 6.07) is 4.37. The van der Waals surface area contributed by atoms with Crippen LogP contribution in [-0.4, -0.2) is 66.1 Å². The van der Waals surface area contributed by atoms with Crippen molar-refractivity contribution in [3.8, 4) is 11.5 Å². The van der Waals surface area contributed by atoms with Crippen LogP contribution in [0.2, 0.25) is 0 Å². The molecular formula is C24H34O6S2. The highest BCUT2D eigenvalue weighted by molar-refractivity contribution is 7.21. The molecule has 8 heteroatoms. The summed E-state index contributed by atoms with van der Waals surface area (Å²) in [5.74, 6) is 1.84. The molecule has 2 aromatic heterocycles. The van der Waals surface area contributed by atoms with Gasteiger partial charge in [-0.1, -0.05) is 0 Å². The van der Waals surface area contributed by atoms with E-state index in [-0.39, 0.29) is 0 Å².